The molecule has 0 fully saturated rings. The maximum atomic E-state index is 12.9. The van der Waals surface area contributed by atoms with E-state index in [4.69, 9.17) is 0 Å². The zero-order valence-electron chi connectivity index (χ0n) is 13.1. The molecule has 1 aromatic heterocycles. The van der Waals surface area contributed by atoms with Crippen LogP contribution in [-0.4, -0.2) is 22.7 Å². The molecule has 0 radical (unpaired) electrons. The van der Waals surface area contributed by atoms with E-state index >= 15 is 0 Å². The summed E-state index contributed by atoms with van der Waals surface area (Å²) in [6.07, 6.45) is 0.589. The summed E-state index contributed by atoms with van der Waals surface area (Å²) >= 11 is 0. The quantitative estimate of drug-likeness (QED) is 0.728. The standard InChI is InChI=1S/C17H14F3N3O2/c1-2-9-7-12-14(13(8-9)25-17(19)20)22-23-15(12)21-16(24)10-3-5-11(18)6-4-10/h3-8,17H,2H2,1H3,(H2,21,22,23,24). The maximum Gasteiger partial charge on any atom is 0.387 e. The van der Waals surface area contributed by atoms with Gasteiger partial charge in [-0.2, -0.15) is 13.9 Å². The fraction of sp³-hybridized carbons (Fsp3) is 0.176. The highest BCUT2D eigenvalue weighted by molar-refractivity contribution is 6.08. The van der Waals surface area contributed by atoms with Crippen LogP contribution in [-0.2, 0) is 6.42 Å². The van der Waals surface area contributed by atoms with Crippen LogP contribution in [0.15, 0.2) is 36.4 Å². The van der Waals surface area contributed by atoms with Crippen LogP contribution in [0, 0.1) is 5.82 Å². The van der Waals surface area contributed by atoms with E-state index in [1.54, 1.807) is 6.07 Å². The van der Waals surface area contributed by atoms with Crippen LogP contribution in [0.2, 0.25) is 0 Å². The number of anilines is 1. The molecule has 1 amide bonds. The number of aromatic amines is 1. The topological polar surface area (TPSA) is 67.0 Å². The van der Waals surface area contributed by atoms with Crippen molar-refractivity contribution in [2.24, 2.45) is 0 Å². The molecule has 130 valence electrons. The van der Waals surface area contributed by atoms with Crippen molar-refractivity contribution in [2.45, 2.75) is 20.0 Å². The number of aromatic nitrogens is 2. The minimum absolute atomic E-state index is 0.0425. The van der Waals surface area contributed by atoms with Gasteiger partial charge in [-0.1, -0.05) is 6.92 Å². The van der Waals surface area contributed by atoms with Gasteiger partial charge in [0.15, 0.2) is 11.6 Å². The average Bonchev–Trinajstić information content (AvgIpc) is 2.98. The summed E-state index contributed by atoms with van der Waals surface area (Å²) in [5.74, 6) is -0.812. The van der Waals surface area contributed by atoms with Gasteiger partial charge in [-0.3, -0.25) is 9.89 Å². The summed E-state index contributed by atoms with van der Waals surface area (Å²) in [6, 6.07) is 8.24. The Kier molecular flexibility index (Phi) is 4.60. The first kappa shape index (κ1) is 16.8. The fourth-order valence-corrected chi connectivity index (χ4v) is 2.42. The largest absolute Gasteiger partial charge is 0.433 e. The number of carbonyl (C=O) groups excluding carboxylic acids is 1. The van der Waals surface area contributed by atoms with E-state index in [-0.39, 0.29) is 22.6 Å². The van der Waals surface area contributed by atoms with Gasteiger partial charge in [0.2, 0.25) is 0 Å². The SMILES string of the molecule is CCc1cc(OC(F)F)c2[nH]nc(NC(=O)c3ccc(F)cc3)c2c1. The van der Waals surface area contributed by atoms with Crippen molar-refractivity contribution in [1.82, 2.24) is 10.2 Å². The average molecular weight is 349 g/mol. The third kappa shape index (κ3) is 3.57. The van der Waals surface area contributed by atoms with E-state index in [0.717, 1.165) is 5.56 Å². The summed E-state index contributed by atoms with van der Waals surface area (Å²) in [7, 11) is 0. The number of carbonyl (C=O) groups is 1. The molecule has 0 unspecified atom stereocenters. The van der Waals surface area contributed by atoms with E-state index in [0.29, 0.717) is 11.8 Å². The van der Waals surface area contributed by atoms with Crippen LogP contribution >= 0.6 is 0 Å². The van der Waals surface area contributed by atoms with Gasteiger partial charge < -0.3 is 10.1 Å². The molecule has 5 nitrogen and oxygen atoms in total. The number of hydrogen-bond donors (Lipinski definition) is 2. The lowest BCUT2D eigenvalue weighted by Gasteiger charge is -2.08. The van der Waals surface area contributed by atoms with Gasteiger partial charge in [0.05, 0.1) is 0 Å². The van der Waals surface area contributed by atoms with Crippen molar-refractivity contribution in [2.75, 3.05) is 5.32 Å². The molecule has 0 aliphatic heterocycles. The Bertz CT molecular complexity index is 907. The first-order valence-electron chi connectivity index (χ1n) is 7.50. The molecule has 2 aromatic carbocycles. The Hall–Kier alpha value is -3.03. The third-order valence-electron chi connectivity index (χ3n) is 3.66. The molecular formula is C17H14F3N3O2. The summed E-state index contributed by atoms with van der Waals surface area (Å²) in [6.45, 7) is -1.11. The second-order valence-electron chi connectivity index (χ2n) is 5.28. The predicted octanol–water partition coefficient (Wildman–Crippen LogP) is 4.12. The van der Waals surface area contributed by atoms with E-state index in [2.05, 4.69) is 20.3 Å². The Balaban J connectivity index is 1.96. The summed E-state index contributed by atoms with van der Waals surface area (Å²) in [4.78, 5) is 12.2. The number of aryl methyl sites for hydroxylation is 1. The number of ether oxygens (including phenoxy) is 1. The van der Waals surface area contributed by atoms with Crippen LogP contribution in [0.25, 0.3) is 10.9 Å². The van der Waals surface area contributed by atoms with Crippen LogP contribution < -0.4 is 10.1 Å². The molecule has 3 rings (SSSR count). The van der Waals surface area contributed by atoms with Crippen molar-refractivity contribution in [3.8, 4) is 5.75 Å². The zero-order chi connectivity index (χ0) is 18.0. The van der Waals surface area contributed by atoms with E-state index in [1.807, 2.05) is 6.92 Å². The Labute approximate surface area is 140 Å². The molecule has 25 heavy (non-hydrogen) atoms. The van der Waals surface area contributed by atoms with E-state index in [9.17, 15) is 18.0 Å². The summed E-state index contributed by atoms with van der Waals surface area (Å²) < 4.78 is 42.7. The maximum absolute atomic E-state index is 12.9. The molecule has 8 heteroatoms. The Morgan fingerprint density at radius 3 is 2.64 bits per heavy atom. The van der Waals surface area contributed by atoms with Crippen molar-refractivity contribution < 1.29 is 22.7 Å². The van der Waals surface area contributed by atoms with Gasteiger partial charge in [-0.15, -0.1) is 0 Å². The van der Waals surface area contributed by atoms with Crippen molar-refractivity contribution in [1.29, 1.82) is 0 Å². The monoisotopic (exact) mass is 349 g/mol. The minimum atomic E-state index is -2.98. The number of hydrogen-bond acceptors (Lipinski definition) is 3. The van der Waals surface area contributed by atoms with E-state index in [1.165, 1.54) is 30.3 Å². The molecule has 0 saturated carbocycles. The molecule has 0 atom stereocenters. The molecule has 2 N–H and O–H groups in total. The van der Waals surface area contributed by atoms with Gasteiger partial charge in [0.25, 0.3) is 5.91 Å². The molecule has 3 aromatic rings. The second kappa shape index (κ2) is 6.84. The highest BCUT2D eigenvalue weighted by Gasteiger charge is 2.17. The number of nitrogens with zero attached hydrogens (tertiary/aromatic N) is 1. The molecule has 0 bridgehead atoms. The number of H-pyrrole nitrogens is 1. The zero-order valence-corrected chi connectivity index (χ0v) is 13.1. The number of fused-ring (bicyclic) bond motifs is 1. The summed E-state index contributed by atoms with van der Waals surface area (Å²) in [5, 5.41) is 9.60. The van der Waals surface area contributed by atoms with Crippen LogP contribution in [0.4, 0.5) is 19.0 Å². The van der Waals surface area contributed by atoms with Crippen LogP contribution in [0.3, 0.4) is 0 Å². The van der Waals surface area contributed by atoms with Gasteiger partial charge in [-0.05, 0) is 48.4 Å². The number of nitrogens with one attached hydrogen (secondary N) is 2. The Morgan fingerprint density at radius 2 is 2.00 bits per heavy atom. The molecule has 0 aliphatic carbocycles. The number of benzene rings is 2. The lowest BCUT2D eigenvalue weighted by Crippen LogP contribution is -2.12. The van der Waals surface area contributed by atoms with Gasteiger partial charge in [0, 0.05) is 10.9 Å². The first-order valence-corrected chi connectivity index (χ1v) is 7.50. The highest BCUT2D eigenvalue weighted by atomic mass is 19.3. The second-order valence-corrected chi connectivity index (χ2v) is 5.28. The number of rotatable bonds is 5. The lowest BCUT2D eigenvalue weighted by molar-refractivity contribution is -0.0489. The van der Waals surface area contributed by atoms with Crippen molar-refractivity contribution in [3.63, 3.8) is 0 Å². The number of alkyl halides is 2. The molecule has 0 saturated heterocycles. The molecular weight excluding hydrogens is 335 g/mol. The third-order valence-corrected chi connectivity index (χ3v) is 3.66. The highest BCUT2D eigenvalue weighted by Crippen LogP contribution is 2.32. The van der Waals surface area contributed by atoms with Crippen molar-refractivity contribution >= 4 is 22.6 Å². The minimum Gasteiger partial charge on any atom is -0.433 e. The first-order chi connectivity index (χ1) is 12.0. The molecule has 1 heterocycles. The Morgan fingerprint density at radius 1 is 1.28 bits per heavy atom. The van der Waals surface area contributed by atoms with E-state index < -0.39 is 18.3 Å². The molecule has 0 spiro atoms. The van der Waals surface area contributed by atoms with Crippen molar-refractivity contribution in [3.05, 3.63) is 53.3 Å². The van der Waals surface area contributed by atoms with Crippen LogP contribution in [0.5, 0.6) is 5.75 Å². The number of amides is 1. The summed E-state index contributed by atoms with van der Waals surface area (Å²) in [5.41, 5.74) is 1.25. The van der Waals surface area contributed by atoms with Crippen LogP contribution in [0.1, 0.15) is 22.8 Å². The fourth-order valence-electron chi connectivity index (χ4n) is 2.42. The molecule has 0 aliphatic rings. The normalized spacial score (nSPS) is 11.1. The van der Waals surface area contributed by atoms with Gasteiger partial charge in [-0.25, -0.2) is 4.39 Å². The smallest absolute Gasteiger partial charge is 0.387 e. The van der Waals surface area contributed by atoms with Gasteiger partial charge in [0.1, 0.15) is 11.3 Å². The van der Waals surface area contributed by atoms with Gasteiger partial charge >= 0.3 is 6.61 Å². The number of halogens is 3. The predicted molar refractivity (Wildman–Crippen MR) is 86.5 cm³/mol. The lowest BCUT2D eigenvalue weighted by atomic mass is 10.1.